The maximum atomic E-state index is 13.2. The number of amides is 3. The number of carbonyl (C=O) groups is 3. The van der Waals surface area contributed by atoms with Crippen LogP contribution in [0, 0.1) is 0 Å². The molecule has 1 aromatic heterocycles. The molecule has 1 aliphatic heterocycles. The standard InChI is InChI=1S/C22H19Cl2N3O4/c1-3-31-21(29)19-15(18-16(24)9-13(23)10-17(18)25-19)11-26-12(2)20(28)27(22(26)30)14-7-5-4-6-8-14/h4-10,12,25H,3,11H2,1-2H3/t12-/m1/s1. The van der Waals surface area contributed by atoms with Gasteiger partial charge in [0, 0.05) is 21.5 Å². The summed E-state index contributed by atoms with van der Waals surface area (Å²) in [5.74, 6) is -0.922. The SMILES string of the molecule is CCOC(=O)c1[nH]c2cc(Cl)cc(Cl)c2c1CN1C(=O)N(c2ccccc2)C(=O)[C@H]1C. The number of H-pyrrole nitrogens is 1. The van der Waals surface area contributed by atoms with Gasteiger partial charge < -0.3 is 14.6 Å². The van der Waals surface area contributed by atoms with Gasteiger partial charge >= 0.3 is 12.0 Å². The maximum Gasteiger partial charge on any atom is 0.355 e. The van der Waals surface area contributed by atoms with Gasteiger partial charge in [0.1, 0.15) is 11.7 Å². The topological polar surface area (TPSA) is 82.7 Å². The minimum atomic E-state index is -0.723. The van der Waals surface area contributed by atoms with Crippen LogP contribution in [0.2, 0.25) is 10.0 Å². The molecule has 7 nitrogen and oxygen atoms in total. The molecule has 0 spiro atoms. The first kappa shape index (κ1) is 21.2. The van der Waals surface area contributed by atoms with E-state index in [0.29, 0.717) is 32.2 Å². The van der Waals surface area contributed by atoms with E-state index < -0.39 is 18.0 Å². The zero-order chi connectivity index (χ0) is 22.3. The number of aromatic nitrogens is 1. The van der Waals surface area contributed by atoms with Gasteiger partial charge in [0.2, 0.25) is 0 Å². The molecule has 0 saturated carbocycles. The van der Waals surface area contributed by atoms with Crippen LogP contribution in [0.25, 0.3) is 10.9 Å². The van der Waals surface area contributed by atoms with Crippen LogP contribution in [0.4, 0.5) is 10.5 Å². The first-order valence-corrected chi connectivity index (χ1v) is 10.4. The maximum absolute atomic E-state index is 13.2. The van der Waals surface area contributed by atoms with Crippen molar-refractivity contribution in [3.05, 3.63) is 63.8 Å². The van der Waals surface area contributed by atoms with Crippen molar-refractivity contribution in [2.45, 2.75) is 26.4 Å². The summed E-state index contributed by atoms with van der Waals surface area (Å²) in [6.45, 7) is 3.53. The molecule has 2 heterocycles. The van der Waals surface area contributed by atoms with Crippen molar-refractivity contribution in [2.75, 3.05) is 11.5 Å². The Morgan fingerprint density at radius 2 is 1.87 bits per heavy atom. The molecule has 3 aromatic rings. The molecule has 2 aromatic carbocycles. The Morgan fingerprint density at radius 1 is 1.16 bits per heavy atom. The van der Waals surface area contributed by atoms with E-state index in [2.05, 4.69) is 4.98 Å². The highest BCUT2D eigenvalue weighted by atomic mass is 35.5. The molecule has 9 heteroatoms. The van der Waals surface area contributed by atoms with Crippen molar-refractivity contribution in [1.82, 2.24) is 9.88 Å². The van der Waals surface area contributed by atoms with Crippen LogP contribution in [0.5, 0.6) is 0 Å². The molecule has 4 rings (SSSR count). The molecule has 0 unspecified atom stereocenters. The molecule has 1 atom stereocenters. The van der Waals surface area contributed by atoms with Gasteiger partial charge in [-0.2, -0.15) is 0 Å². The number of ether oxygens (including phenoxy) is 1. The van der Waals surface area contributed by atoms with Gasteiger partial charge in [0.25, 0.3) is 5.91 Å². The van der Waals surface area contributed by atoms with E-state index in [9.17, 15) is 14.4 Å². The number of nitrogens with zero attached hydrogens (tertiary/aromatic N) is 2. The number of fused-ring (bicyclic) bond motifs is 1. The van der Waals surface area contributed by atoms with E-state index in [1.807, 2.05) is 0 Å². The van der Waals surface area contributed by atoms with Crippen LogP contribution in [-0.2, 0) is 16.1 Å². The quantitative estimate of drug-likeness (QED) is 0.429. The summed E-state index contributed by atoms with van der Waals surface area (Å²) < 4.78 is 5.17. The Kier molecular flexibility index (Phi) is 5.64. The largest absolute Gasteiger partial charge is 0.461 e. The number of hydrogen-bond acceptors (Lipinski definition) is 4. The van der Waals surface area contributed by atoms with Gasteiger partial charge in [-0.3, -0.25) is 4.79 Å². The number of nitrogens with one attached hydrogen (secondary N) is 1. The molecule has 0 bridgehead atoms. The van der Waals surface area contributed by atoms with Gasteiger partial charge in [0.15, 0.2) is 0 Å². The fourth-order valence-electron chi connectivity index (χ4n) is 3.75. The molecule has 1 aliphatic rings. The number of rotatable bonds is 5. The highest BCUT2D eigenvalue weighted by Gasteiger charge is 2.44. The van der Waals surface area contributed by atoms with Crippen molar-refractivity contribution < 1.29 is 19.1 Å². The molecule has 160 valence electrons. The number of imide groups is 1. The minimum Gasteiger partial charge on any atom is -0.461 e. The first-order chi connectivity index (χ1) is 14.8. The second kappa shape index (κ2) is 8.24. The fraction of sp³-hybridized carbons (Fsp3) is 0.227. The third kappa shape index (κ3) is 3.64. The van der Waals surface area contributed by atoms with E-state index in [1.165, 1.54) is 4.90 Å². The third-order valence-electron chi connectivity index (χ3n) is 5.22. The summed E-state index contributed by atoms with van der Waals surface area (Å²) in [6.07, 6.45) is 0. The normalized spacial score (nSPS) is 16.5. The summed E-state index contributed by atoms with van der Waals surface area (Å²) in [5.41, 5.74) is 1.67. The Bertz CT molecular complexity index is 1190. The Balaban J connectivity index is 1.79. The van der Waals surface area contributed by atoms with Crippen LogP contribution in [-0.4, -0.2) is 40.4 Å². The van der Waals surface area contributed by atoms with Crippen molar-refractivity contribution in [2.24, 2.45) is 0 Å². The van der Waals surface area contributed by atoms with E-state index in [-0.39, 0.29) is 24.8 Å². The van der Waals surface area contributed by atoms with Crippen molar-refractivity contribution in [1.29, 1.82) is 0 Å². The molecule has 31 heavy (non-hydrogen) atoms. The highest BCUT2D eigenvalue weighted by Crippen LogP contribution is 2.35. The summed E-state index contributed by atoms with van der Waals surface area (Å²) in [4.78, 5) is 44.2. The lowest BCUT2D eigenvalue weighted by Crippen LogP contribution is -2.34. The molecular formula is C22H19Cl2N3O4. The second-order valence-electron chi connectivity index (χ2n) is 7.10. The lowest BCUT2D eigenvalue weighted by molar-refractivity contribution is -0.119. The predicted molar refractivity (Wildman–Crippen MR) is 119 cm³/mol. The number of para-hydroxylation sites is 1. The summed E-state index contributed by atoms with van der Waals surface area (Å²) in [6, 6.07) is 10.7. The Labute approximate surface area is 188 Å². The molecule has 1 saturated heterocycles. The first-order valence-electron chi connectivity index (χ1n) is 9.69. The van der Waals surface area contributed by atoms with E-state index in [1.54, 1.807) is 56.3 Å². The van der Waals surface area contributed by atoms with Gasteiger partial charge in [-0.25, -0.2) is 14.5 Å². The van der Waals surface area contributed by atoms with Gasteiger partial charge in [-0.05, 0) is 38.1 Å². The van der Waals surface area contributed by atoms with E-state index in [0.717, 1.165) is 4.90 Å². The zero-order valence-electron chi connectivity index (χ0n) is 16.8. The number of carbonyl (C=O) groups excluding carboxylic acids is 3. The van der Waals surface area contributed by atoms with E-state index >= 15 is 0 Å². The molecule has 3 amide bonds. The average molecular weight is 460 g/mol. The number of benzene rings is 2. The van der Waals surface area contributed by atoms with Crippen molar-refractivity contribution in [3.63, 3.8) is 0 Å². The molecule has 0 radical (unpaired) electrons. The number of esters is 1. The number of urea groups is 1. The summed E-state index contributed by atoms with van der Waals surface area (Å²) in [5, 5.41) is 1.28. The van der Waals surface area contributed by atoms with Crippen LogP contribution in [0.15, 0.2) is 42.5 Å². The smallest absolute Gasteiger partial charge is 0.355 e. The number of hydrogen-bond donors (Lipinski definition) is 1. The van der Waals surface area contributed by atoms with Crippen LogP contribution in [0.3, 0.4) is 0 Å². The lowest BCUT2D eigenvalue weighted by atomic mass is 10.1. The Hall–Kier alpha value is -3.03. The van der Waals surface area contributed by atoms with Crippen molar-refractivity contribution >= 4 is 57.7 Å². The predicted octanol–water partition coefficient (Wildman–Crippen LogP) is 5.01. The van der Waals surface area contributed by atoms with Crippen LogP contribution < -0.4 is 4.90 Å². The lowest BCUT2D eigenvalue weighted by Gasteiger charge is -2.20. The number of aromatic amines is 1. The minimum absolute atomic E-state index is 0.00935. The van der Waals surface area contributed by atoms with Gasteiger partial charge in [0.05, 0.1) is 23.9 Å². The molecule has 0 aliphatic carbocycles. The highest BCUT2D eigenvalue weighted by molar-refractivity contribution is 6.39. The molecule has 1 N–H and O–H groups in total. The van der Waals surface area contributed by atoms with Crippen LogP contribution >= 0.6 is 23.2 Å². The van der Waals surface area contributed by atoms with Gasteiger partial charge in [-0.15, -0.1) is 0 Å². The molecule has 1 fully saturated rings. The van der Waals surface area contributed by atoms with E-state index in [4.69, 9.17) is 27.9 Å². The van der Waals surface area contributed by atoms with Crippen LogP contribution in [0.1, 0.15) is 29.9 Å². The zero-order valence-corrected chi connectivity index (χ0v) is 18.3. The van der Waals surface area contributed by atoms with Crippen molar-refractivity contribution in [3.8, 4) is 0 Å². The average Bonchev–Trinajstić information content (AvgIpc) is 3.19. The van der Waals surface area contributed by atoms with Gasteiger partial charge in [-0.1, -0.05) is 41.4 Å². The summed E-state index contributed by atoms with van der Waals surface area (Å²) >= 11 is 12.5. The number of anilines is 1. The fourth-order valence-corrected chi connectivity index (χ4v) is 4.36. The third-order valence-corrected chi connectivity index (χ3v) is 5.74. The number of halogens is 2. The Morgan fingerprint density at radius 3 is 2.55 bits per heavy atom. The summed E-state index contributed by atoms with van der Waals surface area (Å²) in [7, 11) is 0. The monoisotopic (exact) mass is 459 g/mol. The molecular weight excluding hydrogens is 441 g/mol. The second-order valence-corrected chi connectivity index (χ2v) is 7.95.